The minimum Gasteiger partial charge on any atom is -0.481 e. The van der Waals surface area contributed by atoms with Crippen LogP contribution in [0.25, 0.3) is 0 Å². The molecule has 0 saturated heterocycles. The largest absolute Gasteiger partial charge is 0.481 e. The van der Waals surface area contributed by atoms with E-state index in [9.17, 15) is 18.0 Å². The van der Waals surface area contributed by atoms with Gasteiger partial charge >= 0.3 is 12.1 Å². The Labute approximate surface area is 122 Å². The molecule has 0 aromatic heterocycles. The molecule has 0 bridgehead atoms. The molecule has 118 valence electrons. The first-order valence-electron chi connectivity index (χ1n) is 6.76. The van der Waals surface area contributed by atoms with Crippen LogP contribution < -0.4 is 4.90 Å². The van der Waals surface area contributed by atoms with E-state index in [1.165, 1.54) is 12.1 Å². The van der Waals surface area contributed by atoms with Gasteiger partial charge in [0.2, 0.25) is 0 Å². The van der Waals surface area contributed by atoms with Gasteiger partial charge in [-0.05, 0) is 30.2 Å². The maximum absolute atomic E-state index is 12.6. The molecule has 0 amide bonds. The quantitative estimate of drug-likeness (QED) is 0.866. The fourth-order valence-electron chi connectivity index (χ4n) is 2.00. The smallest absolute Gasteiger partial charge is 0.416 e. The van der Waals surface area contributed by atoms with Gasteiger partial charge < -0.3 is 10.0 Å². The van der Waals surface area contributed by atoms with E-state index in [1.54, 1.807) is 6.92 Å². The predicted octanol–water partition coefficient (Wildman–Crippen LogP) is 3.89. The third-order valence-corrected chi connectivity index (χ3v) is 3.06. The summed E-state index contributed by atoms with van der Waals surface area (Å²) in [6.45, 7) is 6.38. The van der Waals surface area contributed by atoms with E-state index in [1.807, 2.05) is 18.7 Å². The second-order valence-electron chi connectivity index (χ2n) is 5.58. The van der Waals surface area contributed by atoms with Gasteiger partial charge in [-0.1, -0.05) is 20.8 Å². The van der Waals surface area contributed by atoms with Crippen LogP contribution in [0.3, 0.4) is 0 Å². The molecule has 1 rings (SSSR count). The number of hydrogen-bond donors (Lipinski definition) is 1. The maximum Gasteiger partial charge on any atom is 0.416 e. The second-order valence-corrected chi connectivity index (χ2v) is 5.58. The number of rotatable bonds is 6. The average Bonchev–Trinajstić information content (AvgIpc) is 2.36. The van der Waals surface area contributed by atoms with Crippen molar-refractivity contribution in [3.05, 3.63) is 29.8 Å². The van der Waals surface area contributed by atoms with E-state index < -0.39 is 23.6 Å². The number of carboxylic acid groups (broad SMARTS) is 1. The number of carbonyl (C=O) groups is 1. The molecule has 0 radical (unpaired) electrons. The van der Waals surface area contributed by atoms with Gasteiger partial charge in [0.25, 0.3) is 0 Å². The minimum atomic E-state index is -4.37. The van der Waals surface area contributed by atoms with Crippen LogP contribution in [0.2, 0.25) is 0 Å². The molecule has 1 aromatic carbocycles. The van der Waals surface area contributed by atoms with Gasteiger partial charge in [-0.15, -0.1) is 0 Å². The molecule has 0 aliphatic heterocycles. The molecule has 0 spiro atoms. The SMILES string of the molecule is CC(C)CN(CC(C)C(=O)O)c1ccc(C(F)(F)F)cc1. The van der Waals surface area contributed by atoms with Crippen LogP contribution >= 0.6 is 0 Å². The second kappa shape index (κ2) is 6.83. The van der Waals surface area contributed by atoms with E-state index in [2.05, 4.69) is 0 Å². The van der Waals surface area contributed by atoms with E-state index in [0.717, 1.165) is 12.1 Å². The predicted molar refractivity (Wildman–Crippen MR) is 75.3 cm³/mol. The number of benzene rings is 1. The van der Waals surface area contributed by atoms with E-state index in [4.69, 9.17) is 5.11 Å². The molecular weight excluding hydrogens is 283 g/mol. The molecule has 6 heteroatoms. The normalized spacial score (nSPS) is 13.3. The third-order valence-electron chi connectivity index (χ3n) is 3.06. The minimum absolute atomic E-state index is 0.263. The van der Waals surface area contributed by atoms with Crippen LogP contribution in [-0.4, -0.2) is 24.2 Å². The first-order valence-corrected chi connectivity index (χ1v) is 6.76. The molecule has 0 fully saturated rings. The first-order chi connectivity index (χ1) is 9.61. The summed E-state index contributed by atoms with van der Waals surface area (Å²) in [5.41, 5.74) is -0.105. The van der Waals surface area contributed by atoms with Gasteiger partial charge in [-0.2, -0.15) is 13.2 Å². The van der Waals surface area contributed by atoms with Gasteiger partial charge in [0, 0.05) is 18.8 Å². The van der Waals surface area contributed by atoms with Crippen molar-refractivity contribution in [2.75, 3.05) is 18.0 Å². The lowest BCUT2D eigenvalue weighted by atomic mass is 10.1. The molecule has 1 atom stereocenters. The van der Waals surface area contributed by atoms with Crippen molar-refractivity contribution in [1.82, 2.24) is 0 Å². The summed E-state index contributed by atoms with van der Waals surface area (Å²) in [6.07, 6.45) is -4.37. The lowest BCUT2D eigenvalue weighted by Gasteiger charge is -2.28. The summed E-state index contributed by atoms with van der Waals surface area (Å²) in [5.74, 6) is -1.24. The van der Waals surface area contributed by atoms with E-state index in [-0.39, 0.29) is 12.5 Å². The highest BCUT2D eigenvalue weighted by Crippen LogP contribution is 2.30. The molecule has 21 heavy (non-hydrogen) atoms. The van der Waals surface area contributed by atoms with Gasteiger partial charge in [0.15, 0.2) is 0 Å². The van der Waals surface area contributed by atoms with Crippen molar-refractivity contribution < 1.29 is 23.1 Å². The number of aliphatic carboxylic acids is 1. The zero-order valence-corrected chi connectivity index (χ0v) is 12.3. The maximum atomic E-state index is 12.6. The molecule has 0 aliphatic carbocycles. The topological polar surface area (TPSA) is 40.5 Å². The zero-order chi connectivity index (χ0) is 16.2. The molecule has 1 unspecified atom stereocenters. The Morgan fingerprint density at radius 1 is 1.14 bits per heavy atom. The highest BCUT2D eigenvalue weighted by Gasteiger charge is 2.30. The summed E-state index contributed by atoms with van der Waals surface area (Å²) in [5, 5.41) is 8.99. The Kier molecular flexibility index (Phi) is 5.63. The van der Waals surface area contributed by atoms with Crippen LogP contribution in [-0.2, 0) is 11.0 Å². The Hall–Kier alpha value is -1.72. The molecule has 0 saturated carbocycles. The van der Waals surface area contributed by atoms with Crippen molar-refractivity contribution in [2.45, 2.75) is 26.9 Å². The van der Waals surface area contributed by atoms with Gasteiger partial charge in [0.05, 0.1) is 11.5 Å². The molecule has 1 N–H and O–H groups in total. The Morgan fingerprint density at radius 2 is 1.67 bits per heavy atom. The lowest BCUT2D eigenvalue weighted by Crippen LogP contribution is -2.34. The summed E-state index contributed by atoms with van der Waals surface area (Å²) in [4.78, 5) is 12.8. The van der Waals surface area contributed by atoms with Crippen LogP contribution in [0.5, 0.6) is 0 Å². The number of anilines is 1. The van der Waals surface area contributed by atoms with Crippen molar-refractivity contribution >= 4 is 11.7 Å². The fourth-order valence-corrected chi connectivity index (χ4v) is 2.00. The fraction of sp³-hybridized carbons (Fsp3) is 0.533. The summed E-state index contributed by atoms with van der Waals surface area (Å²) in [6, 6.07) is 4.82. The lowest BCUT2D eigenvalue weighted by molar-refractivity contribution is -0.140. The summed E-state index contributed by atoms with van der Waals surface area (Å²) >= 11 is 0. The van der Waals surface area contributed by atoms with Gasteiger partial charge in [-0.25, -0.2) is 0 Å². The first kappa shape index (κ1) is 17.3. The van der Waals surface area contributed by atoms with E-state index in [0.29, 0.717) is 12.2 Å². The number of alkyl halides is 3. The van der Waals surface area contributed by atoms with Crippen LogP contribution in [0.1, 0.15) is 26.3 Å². The number of halogens is 3. The Bertz CT molecular complexity index is 469. The van der Waals surface area contributed by atoms with E-state index >= 15 is 0 Å². The van der Waals surface area contributed by atoms with Crippen LogP contribution in [0.4, 0.5) is 18.9 Å². The van der Waals surface area contributed by atoms with Gasteiger partial charge in [-0.3, -0.25) is 4.79 Å². The zero-order valence-electron chi connectivity index (χ0n) is 12.3. The van der Waals surface area contributed by atoms with Crippen molar-refractivity contribution in [1.29, 1.82) is 0 Å². The molecule has 3 nitrogen and oxygen atoms in total. The number of carboxylic acids is 1. The van der Waals surface area contributed by atoms with Crippen LogP contribution in [0, 0.1) is 11.8 Å². The standard InChI is InChI=1S/C15H20F3NO2/c1-10(2)8-19(9-11(3)14(20)21)13-6-4-12(5-7-13)15(16,17)18/h4-7,10-11H,8-9H2,1-3H3,(H,20,21). The molecule has 0 heterocycles. The van der Waals surface area contributed by atoms with Gasteiger partial charge in [0.1, 0.15) is 0 Å². The molecule has 1 aromatic rings. The highest BCUT2D eigenvalue weighted by atomic mass is 19.4. The van der Waals surface area contributed by atoms with Crippen molar-refractivity contribution in [3.63, 3.8) is 0 Å². The Balaban J connectivity index is 2.95. The average molecular weight is 303 g/mol. The molecule has 0 aliphatic rings. The highest BCUT2D eigenvalue weighted by molar-refractivity contribution is 5.70. The summed E-state index contributed by atoms with van der Waals surface area (Å²) in [7, 11) is 0. The van der Waals surface area contributed by atoms with Crippen LogP contribution in [0.15, 0.2) is 24.3 Å². The summed E-state index contributed by atoms with van der Waals surface area (Å²) < 4.78 is 37.7. The number of hydrogen-bond acceptors (Lipinski definition) is 2. The molecular formula is C15H20F3NO2. The monoisotopic (exact) mass is 303 g/mol. The van der Waals surface area contributed by atoms with Crippen molar-refractivity contribution in [2.24, 2.45) is 11.8 Å². The van der Waals surface area contributed by atoms with Crippen molar-refractivity contribution in [3.8, 4) is 0 Å². The third kappa shape index (κ3) is 5.28. The number of nitrogens with zero attached hydrogens (tertiary/aromatic N) is 1. The Morgan fingerprint density at radius 3 is 2.05 bits per heavy atom.